The van der Waals surface area contributed by atoms with E-state index < -0.39 is 0 Å². The molecule has 1 aliphatic carbocycles. The quantitative estimate of drug-likeness (QED) is 0.758. The Bertz CT molecular complexity index is 825. The van der Waals surface area contributed by atoms with Gasteiger partial charge in [-0.05, 0) is 54.6 Å². The molecule has 2 aromatic rings. The van der Waals surface area contributed by atoms with Crippen LogP contribution in [0.2, 0.25) is 0 Å². The lowest BCUT2D eigenvalue weighted by Crippen LogP contribution is -2.55. The highest BCUT2D eigenvalue weighted by Gasteiger charge is 2.46. The number of phenolic OH excluding ortho intramolecular Hbond substituents is 1. The van der Waals surface area contributed by atoms with Gasteiger partial charge in [-0.3, -0.25) is 9.80 Å². The molecular formula is C24H31BrN2O2. The summed E-state index contributed by atoms with van der Waals surface area (Å²) in [5, 5.41) is 10.2. The van der Waals surface area contributed by atoms with Crippen LogP contribution in [-0.4, -0.2) is 66.9 Å². The maximum atomic E-state index is 10.2. The monoisotopic (exact) mass is 458 g/mol. The van der Waals surface area contributed by atoms with Gasteiger partial charge in [-0.1, -0.05) is 36.4 Å². The lowest BCUT2D eigenvalue weighted by molar-refractivity contribution is 0.0238. The number of rotatable bonds is 4. The van der Waals surface area contributed by atoms with E-state index in [1.807, 2.05) is 12.1 Å². The van der Waals surface area contributed by atoms with Gasteiger partial charge in [-0.2, -0.15) is 0 Å². The summed E-state index contributed by atoms with van der Waals surface area (Å²) in [6.07, 6.45) is 3.36. The smallest absolute Gasteiger partial charge is 0.115 e. The number of hydrogen-bond donors (Lipinski definition) is 1. The Labute approximate surface area is 184 Å². The largest absolute Gasteiger partial charge is 0.508 e. The first-order valence-corrected chi connectivity index (χ1v) is 10.7. The molecule has 0 saturated carbocycles. The molecular weight excluding hydrogens is 428 g/mol. The Kier molecular flexibility index (Phi) is 6.30. The first-order valence-electron chi connectivity index (χ1n) is 10.7. The fourth-order valence-electron chi connectivity index (χ4n) is 5.60. The second-order valence-corrected chi connectivity index (χ2v) is 8.59. The van der Waals surface area contributed by atoms with Gasteiger partial charge in [0.2, 0.25) is 0 Å². The number of phenols is 1. The molecule has 5 rings (SSSR count). The van der Waals surface area contributed by atoms with Crippen LogP contribution in [-0.2, 0) is 16.6 Å². The lowest BCUT2D eigenvalue weighted by Gasteiger charge is -2.52. The highest BCUT2D eigenvalue weighted by Crippen LogP contribution is 2.49. The van der Waals surface area contributed by atoms with Crippen molar-refractivity contribution in [2.75, 3.05) is 45.9 Å². The van der Waals surface area contributed by atoms with Crippen LogP contribution in [0.15, 0.2) is 48.5 Å². The number of nitrogens with zero attached hydrogens (tertiary/aromatic N) is 2. The van der Waals surface area contributed by atoms with Crippen LogP contribution in [0.3, 0.4) is 0 Å². The average Bonchev–Trinajstić information content (AvgIpc) is 2.75. The van der Waals surface area contributed by atoms with Gasteiger partial charge in [-0.15, -0.1) is 17.0 Å². The molecule has 2 saturated heterocycles. The molecule has 2 fully saturated rings. The number of hydrogen-bond acceptors (Lipinski definition) is 4. The van der Waals surface area contributed by atoms with Crippen LogP contribution < -0.4 is 0 Å². The van der Waals surface area contributed by atoms with Gasteiger partial charge in [0.25, 0.3) is 0 Å². The van der Waals surface area contributed by atoms with E-state index in [-0.39, 0.29) is 22.4 Å². The lowest BCUT2D eigenvalue weighted by atomic mass is 9.60. The van der Waals surface area contributed by atoms with E-state index in [2.05, 4.69) is 46.2 Å². The van der Waals surface area contributed by atoms with Crippen molar-refractivity contribution in [3.05, 3.63) is 65.2 Å². The van der Waals surface area contributed by atoms with Crippen molar-refractivity contribution < 1.29 is 9.84 Å². The fourth-order valence-corrected chi connectivity index (χ4v) is 5.60. The minimum Gasteiger partial charge on any atom is -0.508 e. The average molecular weight is 459 g/mol. The van der Waals surface area contributed by atoms with Crippen LogP contribution in [0.1, 0.15) is 29.5 Å². The van der Waals surface area contributed by atoms with Gasteiger partial charge >= 0.3 is 0 Å². The Morgan fingerprint density at radius 2 is 1.79 bits per heavy atom. The van der Waals surface area contributed by atoms with Crippen LogP contribution in [0.5, 0.6) is 5.75 Å². The third-order valence-corrected chi connectivity index (χ3v) is 7.12. The van der Waals surface area contributed by atoms with Gasteiger partial charge in [0.05, 0.1) is 13.2 Å². The molecule has 2 unspecified atom stereocenters. The topological polar surface area (TPSA) is 35.9 Å². The zero-order valence-corrected chi connectivity index (χ0v) is 18.6. The first-order chi connectivity index (χ1) is 13.7. The van der Waals surface area contributed by atoms with Crippen LogP contribution >= 0.6 is 17.0 Å². The van der Waals surface area contributed by atoms with E-state index >= 15 is 0 Å². The van der Waals surface area contributed by atoms with Crippen LogP contribution in [0.25, 0.3) is 0 Å². The molecule has 2 atom stereocenters. The zero-order valence-electron chi connectivity index (χ0n) is 16.9. The van der Waals surface area contributed by atoms with Crippen molar-refractivity contribution in [2.24, 2.45) is 0 Å². The second kappa shape index (κ2) is 8.76. The van der Waals surface area contributed by atoms with Gasteiger partial charge in [0, 0.05) is 37.6 Å². The van der Waals surface area contributed by atoms with E-state index in [1.54, 1.807) is 0 Å². The summed E-state index contributed by atoms with van der Waals surface area (Å²) in [4.78, 5) is 5.25. The zero-order chi connectivity index (χ0) is 19.0. The standard InChI is InChI=1S/C24H30N2O2.BrH/c27-22-7-6-19-16-21-18-24(23(19)17-22,20-4-2-1-3-5-20)8-9-26(21)11-10-25-12-14-28-15-13-25;/h1-7,17,21,27H,8-16,18H2;1H. The Morgan fingerprint density at radius 1 is 1.00 bits per heavy atom. The summed E-state index contributed by atoms with van der Waals surface area (Å²) >= 11 is 0. The molecule has 0 amide bonds. The summed E-state index contributed by atoms with van der Waals surface area (Å²) < 4.78 is 5.49. The summed E-state index contributed by atoms with van der Waals surface area (Å²) in [5.74, 6) is 0.391. The molecule has 2 aliphatic heterocycles. The molecule has 0 radical (unpaired) electrons. The molecule has 4 nitrogen and oxygen atoms in total. The number of ether oxygens (including phenoxy) is 1. The van der Waals surface area contributed by atoms with E-state index in [9.17, 15) is 5.11 Å². The summed E-state index contributed by atoms with van der Waals surface area (Å²) in [7, 11) is 0. The fraction of sp³-hybridized carbons (Fsp3) is 0.500. The van der Waals surface area contributed by atoms with E-state index in [0.717, 1.165) is 65.2 Å². The van der Waals surface area contributed by atoms with Crippen molar-refractivity contribution in [3.8, 4) is 5.75 Å². The van der Waals surface area contributed by atoms with Crippen molar-refractivity contribution in [2.45, 2.75) is 30.7 Å². The van der Waals surface area contributed by atoms with Crippen LogP contribution in [0, 0.1) is 0 Å². The number of likely N-dealkylation sites (tertiary alicyclic amines) is 1. The predicted octanol–water partition coefficient (Wildman–Crippen LogP) is 3.61. The highest BCUT2D eigenvalue weighted by atomic mass is 79.9. The highest BCUT2D eigenvalue weighted by molar-refractivity contribution is 8.93. The number of fused-ring (bicyclic) bond motifs is 4. The van der Waals surface area contributed by atoms with Gasteiger partial charge in [-0.25, -0.2) is 0 Å². The maximum absolute atomic E-state index is 10.2. The van der Waals surface area contributed by atoms with Gasteiger partial charge in [0.15, 0.2) is 0 Å². The summed E-state index contributed by atoms with van der Waals surface area (Å²) in [6.45, 7) is 7.28. The van der Waals surface area contributed by atoms with E-state index in [0.29, 0.717) is 11.8 Å². The molecule has 3 aliphatic rings. The number of piperidine rings is 1. The minimum atomic E-state index is 0. The molecule has 1 N–H and O–H groups in total. The van der Waals surface area contributed by atoms with Crippen molar-refractivity contribution in [1.29, 1.82) is 0 Å². The predicted molar refractivity (Wildman–Crippen MR) is 121 cm³/mol. The number of morpholine rings is 1. The number of benzene rings is 2. The van der Waals surface area contributed by atoms with Gasteiger partial charge < -0.3 is 9.84 Å². The Morgan fingerprint density at radius 3 is 2.59 bits per heavy atom. The molecule has 0 aromatic heterocycles. The van der Waals surface area contributed by atoms with E-state index in [1.165, 1.54) is 16.7 Å². The molecule has 156 valence electrons. The number of aromatic hydroxyl groups is 1. The summed E-state index contributed by atoms with van der Waals surface area (Å²) in [6, 6.07) is 17.6. The van der Waals surface area contributed by atoms with Crippen LogP contribution in [0.4, 0.5) is 0 Å². The third-order valence-electron chi connectivity index (χ3n) is 7.12. The van der Waals surface area contributed by atoms with Crippen molar-refractivity contribution in [3.63, 3.8) is 0 Å². The van der Waals surface area contributed by atoms with Crippen molar-refractivity contribution >= 4 is 17.0 Å². The third kappa shape index (κ3) is 3.98. The maximum Gasteiger partial charge on any atom is 0.115 e. The van der Waals surface area contributed by atoms with Gasteiger partial charge in [0.1, 0.15) is 5.75 Å². The molecule has 5 heteroatoms. The van der Waals surface area contributed by atoms with Crippen molar-refractivity contribution in [1.82, 2.24) is 9.80 Å². The minimum absolute atomic E-state index is 0. The molecule has 0 spiro atoms. The molecule has 2 heterocycles. The molecule has 2 aromatic carbocycles. The second-order valence-electron chi connectivity index (χ2n) is 8.59. The first kappa shape index (κ1) is 20.9. The molecule has 2 bridgehead atoms. The normalized spacial score (nSPS) is 27.1. The summed E-state index contributed by atoms with van der Waals surface area (Å²) in [5.41, 5.74) is 4.20. The Balaban J connectivity index is 0.00000205. The number of halogens is 1. The van der Waals surface area contributed by atoms with E-state index in [4.69, 9.17) is 4.74 Å². The SMILES string of the molecule is Br.Oc1ccc2c(c1)C1(c3ccccc3)CCN(CCN3CCOCC3)C(C2)C1. The Hall–Kier alpha value is -1.40. The molecule has 29 heavy (non-hydrogen) atoms.